The lowest BCUT2D eigenvalue weighted by atomic mass is 9.84. The number of piperazine rings is 1. The molecule has 1 unspecified atom stereocenters. The first-order valence-electron chi connectivity index (χ1n) is 10.5. The fourth-order valence-corrected chi connectivity index (χ4v) is 3.43. The van der Waals surface area contributed by atoms with E-state index in [9.17, 15) is 14.4 Å². The van der Waals surface area contributed by atoms with Crippen LogP contribution in [0.25, 0.3) is 0 Å². The van der Waals surface area contributed by atoms with Crippen LogP contribution in [0.3, 0.4) is 0 Å². The molecule has 2 rings (SSSR count). The number of benzene rings is 1. The quantitative estimate of drug-likeness (QED) is 0.495. The van der Waals surface area contributed by atoms with Crippen LogP contribution in [0.1, 0.15) is 58.4 Å². The second-order valence-corrected chi connectivity index (χ2v) is 8.30. The lowest BCUT2D eigenvalue weighted by Gasteiger charge is -2.36. The third-order valence-electron chi connectivity index (χ3n) is 5.80. The van der Waals surface area contributed by atoms with Gasteiger partial charge in [-0.25, -0.2) is 0 Å². The summed E-state index contributed by atoms with van der Waals surface area (Å²) in [5, 5.41) is 3.19. The molecular weight excluding hydrogens is 352 g/mol. The first kappa shape index (κ1) is 22.3. The molecule has 1 aromatic rings. The highest BCUT2D eigenvalue weighted by Gasteiger charge is 2.39. The minimum atomic E-state index is -0.688. The second kappa shape index (κ2) is 10.5. The summed E-state index contributed by atoms with van der Waals surface area (Å²) >= 11 is 0. The number of hydrogen-bond acceptors (Lipinski definition) is 4. The van der Waals surface area contributed by atoms with Crippen molar-refractivity contribution in [2.45, 2.75) is 65.3 Å². The topological polar surface area (TPSA) is 66.5 Å². The molecule has 0 spiro atoms. The average Bonchev–Trinajstić information content (AvgIpc) is 2.73. The van der Waals surface area contributed by atoms with Gasteiger partial charge in [0.15, 0.2) is 5.78 Å². The average molecular weight is 387 g/mol. The van der Waals surface area contributed by atoms with Gasteiger partial charge in [-0.2, -0.15) is 0 Å². The van der Waals surface area contributed by atoms with E-state index >= 15 is 0 Å². The number of amides is 1. The smallest absolute Gasteiger partial charge is 0.291 e. The van der Waals surface area contributed by atoms with Crippen LogP contribution in [0.2, 0.25) is 0 Å². The van der Waals surface area contributed by atoms with Gasteiger partial charge in [0.2, 0.25) is 5.78 Å². The molecule has 1 heterocycles. The number of unbranched alkanes of at least 4 members (excludes halogenated alkanes) is 2. The van der Waals surface area contributed by atoms with Gasteiger partial charge in [0.1, 0.15) is 6.04 Å². The Morgan fingerprint density at radius 3 is 2.50 bits per heavy atom. The predicted octanol–water partition coefficient (Wildman–Crippen LogP) is 3.16. The van der Waals surface area contributed by atoms with Gasteiger partial charge >= 0.3 is 0 Å². The first-order valence-corrected chi connectivity index (χ1v) is 10.5. The largest absolute Gasteiger partial charge is 0.323 e. The van der Waals surface area contributed by atoms with Gasteiger partial charge in [0, 0.05) is 31.5 Å². The van der Waals surface area contributed by atoms with E-state index in [4.69, 9.17) is 0 Å². The van der Waals surface area contributed by atoms with Crippen LogP contribution < -0.4 is 5.32 Å². The van der Waals surface area contributed by atoms with E-state index in [1.54, 1.807) is 13.8 Å². The highest BCUT2D eigenvalue weighted by Crippen LogP contribution is 2.23. The molecule has 5 heteroatoms. The van der Waals surface area contributed by atoms with Crippen molar-refractivity contribution in [2.75, 3.05) is 19.6 Å². The van der Waals surface area contributed by atoms with Crippen molar-refractivity contribution in [1.82, 2.24) is 10.2 Å². The summed E-state index contributed by atoms with van der Waals surface area (Å²) in [7, 11) is 0. The van der Waals surface area contributed by atoms with E-state index in [-0.39, 0.29) is 5.78 Å². The van der Waals surface area contributed by atoms with Crippen LogP contribution >= 0.6 is 0 Å². The van der Waals surface area contributed by atoms with Crippen molar-refractivity contribution in [1.29, 1.82) is 0 Å². The number of aryl methyl sites for hydroxylation is 1. The third-order valence-corrected chi connectivity index (χ3v) is 5.80. The van der Waals surface area contributed by atoms with Gasteiger partial charge in [-0.15, -0.1) is 0 Å². The van der Waals surface area contributed by atoms with Crippen molar-refractivity contribution < 1.29 is 14.4 Å². The van der Waals surface area contributed by atoms with E-state index < -0.39 is 23.1 Å². The van der Waals surface area contributed by atoms with Crippen LogP contribution in [-0.2, 0) is 20.8 Å². The summed E-state index contributed by atoms with van der Waals surface area (Å²) in [5.74, 6) is -0.837. The number of carbonyl (C=O) groups is 3. The van der Waals surface area contributed by atoms with E-state index in [0.29, 0.717) is 32.5 Å². The molecule has 154 valence electrons. The van der Waals surface area contributed by atoms with Gasteiger partial charge in [0.05, 0.1) is 0 Å². The van der Waals surface area contributed by atoms with Gasteiger partial charge in [0.25, 0.3) is 5.91 Å². The molecule has 0 aliphatic carbocycles. The first-order chi connectivity index (χ1) is 13.4. The number of nitrogens with zero attached hydrogens (tertiary/aromatic N) is 1. The SMILES string of the molecule is CCC(C)(C)C(=O)C(=O)N1CCNCC1C(=O)CCCCCc1ccccc1. The van der Waals surface area contributed by atoms with E-state index in [1.165, 1.54) is 10.5 Å². The standard InChI is InChI=1S/C23H34N2O3/c1-4-23(2,3)21(27)22(28)25-16-15-24-17-19(25)20(26)14-10-6-9-13-18-11-7-5-8-12-18/h5,7-8,11-12,19,24H,4,6,9-10,13-17H2,1-3H3. The number of ketones is 2. The zero-order valence-electron chi connectivity index (χ0n) is 17.5. The number of hydrogen-bond donors (Lipinski definition) is 1. The summed E-state index contributed by atoms with van der Waals surface area (Å²) in [6, 6.07) is 9.82. The molecule has 1 aliphatic heterocycles. The fourth-order valence-electron chi connectivity index (χ4n) is 3.43. The Morgan fingerprint density at radius 1 is 1.11 bits per heavy atom. The Kier molecular flexibility index (Phi) is 8.36. The maximum atomic E-state index is 12.7. The van der Waals surface area contributed by atoms with E-state index in [2.05, 4.69) is 17.4 Å². The molecule has 1 atom stereocenters. The molecule has 0 saturated carbocycles. The number of nitrogens with one attached hydrogen (secondary N) is 1. The van der Waals surface area contributed by atoms with Gasteiger partial charge < -0.3 is 10.2 Å². The monoisotopic (exact) mass is 386 g/mol. The van der Waals surface area contributed by atoms with Crippen molar-refractivity contribution >= 4 is 17.5 Å². The Balaban J connectivity index is 1.84. The Labute approximate surface area is 168 Å². The molecule has 1 fully saturated rings. The zero-order valence-corrected chi connectivity index (χ0v) is 17.5. The van der Waals surface area contributed by atoms with E-state index in [0.717, 1.165) is 25.7 Å². The molecule has 0 aromatic heterocycles. The lowest BCUT2D eigenvalue weighted by molar-refractivity contribution is -0.153. The van der Waals surface area contributed by atoms with Crippen LogP contribution in [0.5, 0.6) is 0 Å². The van der Waals surface area contributed by atoms with Crippen LogP contribution in [0.4, 0.5) is 0 Å². The minimum Gasteiger partial charge on any atom is -0.323 e. The Morgan fingerprint density at radius 2 is 1.82 bits per heavy atom. The number of carbonyl (C=O) groups excluding carboxylic acids is 3. The highest BCUT2D eigenvalue weighted by atomic mass is 16.2. The molecule has 0 bridgehead atoms. The van der Waals surface area contributed by atoms with E-state index in [1.807, 2.05) is 25.1 Å². The normalized spacial score (nSPS) is 17.4. The molecular formula is C23H34N2O3. The minimum absolute atomic E-state index is 0.0577. The van der Waals surface area contributed by atoms with Crippen molar-refractivity contribution in [3.8, 4) is 0 Å². The lowest BCUT2D eigenvalue weighted by Crippen LogP contribution is -2.59. The number of rotatable bonds is 10. The molecule has 0 radical (unpaired) electrons. The summed E-state index contributed by atoms with van der Waals surface area (Å²) in [4.78, 5) is 39.6. The molecule has 1 amide bonds. The Hall–Kier alpha value is -2.01. The predicted molar refractivity (Wildman–Crippen MR) is 111 cm³/mol. The van der Waals surface area contributed by atoms with Crippen molar-refractivity contribution in [3.63, 3.8) is 0 Å². The third kappa shape index (κ3) is 5.99. The van der Waals surface area contributed by atoms with Crippen molar-refractivity contribution in [2.24, 2.45) is 5.41 Å². The maximum absolute atomic E-state index is 12.7. The summed E-state index contributed by atoms with van der Waals surface area (Å²) in [5.41, 5.74) is 0.631. The molecule has 1 aliphatic rings. The summed E-state index contributed by atoms with van der Waals surface area (Å²) < 4.78 is 0. The maximum Gasteiger partial charge on any atom is 0.291 e. The summed E-state index contributed by atoms with van der Waals surface area (Å²) in [6.45, 7) is 6.95. The van der Waals surface area contributed by atoms with Crippen LogP contribution in [0, 0.1) is 5.41 Å². The molecule has 28 heavy (non-hydrogen) atoms. The molecule has 1 N–H and O–H groups in total. The van der Waals surface area contributed by atoms with Crippen LogP contribution in [0.15, 0.2) is 30.3 Å². The molecule has 5 nitrogen and oxygen atoms in total. The molecule has 1 saturated heterocycles. The highest BCUT2D eigenvalue weighted by molar-refractivity contribution is 6.38. The Bertz CT molecular complexity index is 670. The van der Waals surface area contributed by atoms with Gasteiger partial charge in [-0.3, -0.25) is 14.4 Å². The van der Waals surface area contributed by atoms with Crippen LogP contribution in [-0.4, -0.2) is 48.0 Å². The second-order valence-electron chi connectivity index (χ2n) is 8.30. The number of Topliss-reactive ketones (excluding diaryl/α,β-unsaturated/α-hetero) is 2. The van der Waals surface area contributed by atoms with Gasteiger partial charge in [-0.1, -0.05) is 57.5 Å². The fraction of sp³-hybridized carbons (Fsp3) is 0.609. The summed E-state index contributed by atoms with van der Waals surface area (Å²) in [6.07, 6.45) is 4.92. The van der Waals surface area contributed by atoms with Gasteiger partial charge in [-0.05, 0) is 31.2 Å². The molecule has 1 aromatic carbocycles. The zero-order chi connectivity index (χ0) is 20.6. The van der Waals surface area contributed by atoms with Crippen molar-refractivity contribution in [3.05, 3.63) is 35.9 Å².